The lowest BCUT2D eigenvalue weighted by Gasteiger charge is -2.27. The summed E-state index contributed by atoms with van der Waals surface area (Å²) in [5.74, 6) is 0.405. The number of carbonyl (C=O) groups is 1. The molecular weight excluding hydrogens is 270 g/mol. The lowest BCUT2D eigenvalue weighted by Crippen LogP contribution is -2.46. The Morgan fingerprint density at radius 1 is 1.57 bits per heavy atom. The molecule has 0 aromatic heterocycles. The number of nitrogens with zero attached hydrogens (tertiary/aromatic N) is 1. The van der Waals surface area contributed by atoms with Gasteiger partial charge in [0.2, 0.25) is 5.91 Å². The Hall–Kier alpha value is -2.24. The average molecular weight is 291 g/mol. The molecule has 1 aromatic rings. The summed E-state index contributed by atoms with van der Waals surface area (Å²) in [6.45, 7) is 2.49. The number of nitrogens with one attached hydrogen (secondary N) is 1. The van der Waals surface area contributed by atoms with Crippen LogP contribution in [0, 0.1) is 0 Å². The molecule has 1 heterocycles. The molecule has 6 heteroatoms. The SMILES string of the molecule is CCCC(NC(=O)C1CCOc2ccccc21)C(N)=NO. The van der Waals surface area contributed by atoms with Crippen LogP contribution >= 0.6 is 0 Å². The molecule has 114 valence electrons. The van der Waals surface area contributed by atoms with Crippen LogP contribution in [0.4, 0.5) is 0 Å². The highest BCUT2D eigenvalue weighted by Crippen LogP contribution is 2.33. The third kappa shape index (κ3) is 3.45. The van der Waals surface area contributed by atoms with Crippen molar-refractivity contribution in [2.75, 3.05) is 6.61 Å². The third-order valence-electron chi connectivity index (χ3n) is 3.64. The molecular formula is C15H21N3O3. The fraction of sp³-hybridized carbons (Fsp3) is 0.467. The van der Waals surface area contributed by atoms with Gasteiger partial charge in [-0.1, -0.05) is 36.7 Å². The Morgan fingerprint density at radius 3 is 3.05 bits per heavy atom. The Labute approximate surface area is 124 Å². The largest absolute Gasteiger partial charge is 0.493 e. The molecule has 1 aliphatic heterocycles. The maximum Gasteiger partial charge on any atom is 0.228 e. The van der Waals surface area contributed by atoms with Crippen LogP contribution in [0.15, 0.2) is 29.4 Å². The zero-order valence-corrected chi connectivity index (χ0v) is 12.1. The number of hydrogen-bond donors (Lipinski definition) is 3. The summed E-state index contributed by atoms with van der Waals surface area (Å²) in [5, 5.41) is 14.7. The quantitative estimate of drug-likeness (QED) is 0.332. The highest BCUT2D eigenvalue weighted by atomic mass is 16.5. The lowest BCUT2D eigenvalue weighted by molar-refractivity contribution is -0.123. The fourth-order valence-corrected chi connectivity index (χ4v) is 2.54. The summed E-state index contributed by atoms with van der Waals surface area (Å²) in [6.07, 6.45) is 2.08. The van der Waals surface area contributed by atoms with E-state index >= 15 is 0 Å². The second-order valence-corrected chi connectivity index (χ2v) is 5.10. The van der Waals surface area contributed by atoms with E-state index in [9.17, 15) is 4.79 Å². The lowest BCUT2D eigenvalue weighted by atomic mass is 9.92. The van der Waals surface area contributed by atoms with Gasteiger partial charge in [0.15, 0.2) is 5.84 Å². The van der Waals surface area contributed by atoms with E-state index < -0.39 is 6.04 Å². The van der Waals surface area contributed by atoms with Crippen molar-refractivity contribution >= 4 is 11.7 Å². The third-order valence-corrected chi connectivity index (χ3v) is 3.64. The molecule has 0 spiro atoms. The second-order valence-electron chi connectivity index (χ2n) is 5.10. The van der Waals surface area contributed by atoms with Gasteiger partial charge in [0.1, 0.15) is 5.75 Å². The summed E-state index contributed by atoms with van der Waals surface area (Å²) in [6, 6.07) is 7.09. The summed E-state index contributed by atoms with van der Waals surface area (Å²) in [4.78, 5) is 12.5. The van der Waals surface area contributed by atoms with Crippen molar-refractivity contribution in [3.8, 4) is 5.75 Å². The summed E-state index contributed by atoms with van der Waals surface area (Å²) >= 11 is 0. The Balaban J connectivity index is 2.13. The van der Waals surface area contributed by atoms with Crippen molar-refractivity contribution in [3.63, 3.8) is 0 Å². The summed E-state index contributed by atoms with van der Waals surface area (Å²) in [7, 11) is 0. The van der Waals surface area contributed by atoms with Gasteiger partial charge in [0, 0.05) is 5.56 Å². The van der Waals surface area contributed by atoms with E-state index in [0.717, 1.165) is 17.7 Å². The molecule has 0 radical (unpaired) electrons. The second kappa shape index (κ2) is 6.97. The summed E-state index contributed by atoms with van der Waals surface area (Å²) in [5.41, 5.74) is 6.52. The maximum absolute atomic E-state index is 12.5. The number of ether oxygens (including phenoxy) is 1. The van der Waals surface area contributed by atoms with Crippen molar-refractivity contribution in [2.45, 2.75) is 38.1 Å². The van der Waals surface area contributed by atoms with Gasteiger partial charge in [0.25, 0.3) is 0 Å². The molecule has 1 aromatic carbocycles. The van der Waals surface area contributed by atoms with Gasteiger partial charge in [-0.15, -0.1) is 0 Å². The monoisotopic (exact) mass is 291 g/mol. The normalized spacial score (nSPS) is 19.3. The maximum atomic E-state index is 12.5. The Bertz CT molecular complexity index is 531. The minimum absolute atomic E-state index is 0.0329. The first-order valence-electron chi connectivity index (χ1n) is 7.16. The van der Waals surface area contributed by atoms with Gasteiger partial charge in [-0.05, 0) is 18.9 Å². The molecule has 4 N–H and O–H groups in total. The van der Waals surface area contributed by atoms with Crippen molar-refractivity contribution in [1.82, 2.24) is 5.32 Å². The van der Waals surface area contributed by atoms with Crippen molar-refractivity contribution in [1.29, 1.82) is 0 Å². The molecule has 21 heavy (non-hydrogen) atoms. The molecule has 2 rings (SSSR count). The van der Waals surface area contributed by atoms with Crippen LogP contribution in [0.3, 0.4) is 0 Å². The molecule has 2 atom stereocenters. The van der Waals surface area contributed by atoms with Crippen molar-refractivity contribution in [2.24, 2.45) is 10.9 Å². The molecule has 0 fully saturated rings. The number of hydrogen-bond acceptors (Lipinski definition) is 4. The zero-order valence-electron chi connectivity index (χ0n) is 12.1. The van der Waals surface area contributed by atoms with E-state index in [1.165, 1.54) is 0 Å². The van der Waals surface area contributed by atoms with E-state index in [1.54, 1.807) is 0 Å². The number of fused-ring (bicyclic) bond motifs is 1. The number of benzene rings is 1. The highest BCUT2D eigenvalue weighted by Gasteiger charge is 2.29. The van der Waals surface area contributed by atoms with Crippen LogP contribution in [-0.2, 0) is 4.79 Å². The summed E-state index contributed by atoms with van der Waals surface area (Å²) < 4.78 is 5.56. The van der Waals surface area contributed by atoms with Gasteiger partial charge < -0.3 is 21.0 Å². The molecule has 1 amide bonds. The van der Waals surface area contributed by atoms with Crippen LogP contribution < -0.4 is 15.8 Å². The first-order valence-corrected chi connectivity index (χ1v) is 7.16. The van der Waals surface area contributed by atoms with Crippen LogP contribution in [0.25, 0.3) is 0 Å². The Kier molecular flexibility index (Phi) is 5.03. The molecule has 1 aliphatic rings. The minimum Gasteiger partial charge on any atom is -0.493 e. The number of nitrogens with two attached hydrogens (primary N) is 1. The van der Waals surface area contributed by atoms with Gasteiger partial charge in [-0.2, -0.15) is 0 Å². The van der Waals surface area contributed by atoms with Gasteiger partial charge in [-0.3, -0.25) is 4.79 Å². The molecule has 0 bridgehead atoms. The topological polar surface area (TPSA) is 96.9 Å². The number of carbonyl (C=O) groups excluding carboxylic acids is 1. The molecule has 0 saturated carbocycles. The zero-order chi connectivity index (χ0) is 15.2. The van der Waals surface area contributed by atoms with E-state index in [0.29, 0.717) is 19.4 Å². The molecule has 2 unspecified atom stereocenters. The number of oxime groups is 1. The molecule has 0 saturated heterocycles. The van der Waals surface area contributed by atoms with E-state index in [-0.39, 0.29) is 17.7 Å². The number of rotatable bonds is 5. The van der Waals surface area contributed by atoms with Crippen molar-refractivity contribution < 1.29 is 14.7 Å². The Morgan fingerprint density at radius 2 is 2.33 bits per heavy atom. The molecule has 6 nitrogen and oxygen atoms in total. The first kappa shape index (κ1) is 15.2. The van der Waals surface area contributed by atoms with Gasteiger partial charge in [0.05, 0.1) is 18.6 Å². The highest BCUT2D eigenvalue weighted by molar-refractivity contribution is 5.92. The van der Waals surface area contributed by atoms with Crippen LogP contribution in [-0.4, -0.2) is 29.6 Å². The van der Waals surface area contributed by atoms with Gasteiger partial charge in [-0.25, -0.2) is 0 Å². The van der Waals surface area contributed by atoms with E-state index in [4.69, 9.17) is 15.7 Å². The van der Waals surface area contributed by atoms with E-state index in [1.807, 2.05) is 31.2 Å². The van der Waals surface area contributed by atoms with Crippen LogP contribution in [0.1, 0.15) is 37.7 Å². The molecule has 0 aliphatic carbocycles. The van der Waals surface area contributed by atoms with Gasteiger partial charge >= 0.3 is 0 Å². The minimum atomic E-state index is -0.442. The average Bonchev–Trinajstić information content (AvgIpc) is 2.53. The number of para-hydroxylation sites is 1. The predicted molar refractivity (Wildman–Crippen MR) is 79.5 cm³/mol. The van der Waals surface area contributed by atoms with Crippen molar-refractivity contribution in [3.05, 3.63) is 29.8 Å². The number of amidine groups is 1. The predicted octanol–water partition coefficient (Wildman–Crippen LogP) is 1.58. The standard InChI is InChI=1S/C15H21N3O3/c1-2-5-12(14(16)18-20)17-15(19)11-8-9-21-13-7-4-3-6-10(11)13/h3-4,6-7,11-12,20H,2,5,8-9H2,1H3,(H2,16,18)(H,17,19). The first-order chi connectivity index (χ1) is 10.2. The van der Waals surface area contributed by atoms with Crippen LogP contribution in [0.5, 0.6) is 5.75 Å². The fourth-order valence-electron chi connectivity index (χ4n) is 2.54. The smallest absolute Gasteiger partial charge is 0.228 e. The number of amides is 1. The van der Waals surface area contributed by atoms with Crippen LogP contribution in [0.2, 0.25) is 0 Å². The van der Waals surface area contributed by atoms with E-state index in [2.05, 4.69) is 10.5 Å².